The van der Waals surface area contributed by atoms with E-state index in [0.29, 0.717) is 44.4 Å². The highest BCUT2D eigenvalue weighted by Crippen LogP contribution is 2.10. The summed E-state index contributed by atoms with van der Waals surface area (Å²) in [7, 11) is 0. The molecule has 1 rings (SSSR count). The maximum atomic E-state index is 13.4. The number of rotatable bonds is 20. The number of nitrogens with one attached hydrogen (secondary N) is 4. The lowest BCUT2D eigenvalue weighted by atomic mass is 10.00. The molecule has 0 saturated heterocycles. The van der Waals surface area contributed by atoms with Crippen molar-refractivity contribution in [2.45, 2.75) is 76.5 Å². The molecule has 0 aliphatic rings. The van der Waals surface area contributed by atoms with Gasteiger partial charge in [-0.05, 0) is 62.1 Å². The minimum absolute atomic E-state index is 0.0325. The van der Waals surface area contributed by atoms with Crippen molar-refractivity contribution >= 4 is 41.9 Å². The lowest BCUT2D eigenvalue weighted by molar-refractivity contribution is -0.142. The summed E-state index contributed by atoms with van der Waals surface area (Å²) in [6.07, 6.45) is 4.50. The molecule has 12 heteroatoms. The summed E-state index contributed by atoms with van der Waals surface area (Å²) in [5.74, 6) is -2.21. The molecule has 218 valence electrons. The number of benzene rings is 1. The van der Waals surface area contributed by atoms with Crippen LogP contribution in [0.25, 0.3) is 0 Å². The number of hydrogen-bond acceptors (Lipinski definition) is 7. The average molecular weight is 566 g/mol. The van der Waals surface area contributed by atoms with Gasteiger partial charge in [0.2, 0.25) is 24.1 Å². The van der Waals surface area contributed by atoms with Gasteiger partial charge in [-0.15, -0.1) is 0 Å². The molecule has 1 aromatic rings. The number of unbranched alkanes of at least 4 members (excludes halogenated alkanes) is 1. The molecule has 4 atom stereocenters. The van der Waals surface area contributed by atoms with E-state index in [1.807, 2.05) is 26.2 Å². The summed E-state index contributed by atoms with van der Waals surface area (Å²) < 4.78 is 0. The second kappa shape index (κ2) is 19.0. The molecule has 0 heterocycles. The number of carboxylic acid groups (broad SMARTS) is 1. The van der Waals surface area contributed by atoms with Crippen molar-refractivity contribution in [2.24, 2.45) is 11.7 Å². The van der Waals surface area contributed by atoms with E-state index < -0.39 is 47.9 Å². The first-order valence-electron chi connectivity index (χ1n) is 13.2. The van der Waals surface area contributed by atoms with Crippen LogP contribution in [0.4, 0.5) is 0 Å². The van der Waals surface area contributed by atoms with Gasteiger partial charge in [0, 0.05) is 6.42 Å². The number of aliphatic carboxylic acids is 1. The molecule has 39 heavy (non-hydrogen) atoms. The number of nitrogens with two attached hydrogens (primary N) is 1. The highest BCUT2D eigenvalue weighted by Gasteiger charge is 2.31. The van der Waals surface area contributed by atoms with Crippen molar-refractivity contribution in [2.75, 3.05) is 18.6 Å². The number of thioether (sulfide) groups is 1. The third-order valence-electron chi connectivity index (χ3n) is 6.01. The summed E-state index contributed by atoms with van der Waals surface area (Å²) in [6.45, 7) is 4.21. The molecule has 0 unspecified atom stereocenters. The van der Waals surface area contributed by atoms with Gasteiger partial charge in [-0.25, -0.2) is 4.79 Å². The number of carbonyl (C=O) groups excluding carboxylic acids is 4. The molecule has 1 aromatic carbocycles. The summed E-state index contributed by atoms with van der Waals surface area (Å²) in [6, 6.07) is 5.06. The van der Waals surface area contributed by atoms with Crippen molar-refractivity contribution in [3.05, 3.63) is 35.9 Å². The molecule has 4 amide bonds. The Labute approximate surface area is 234 Å². The Morgan fingerprint density at radius 2 is 1.49 bits per heavy atom. The van der Waals surface area contributed by atoms with E-state index in [4.69, 9.17) is 5.73 Å². The normalized spacial score (nSPS) is 14.0. The minimum Gasteiger partial charge on any atom is -0.480 e. The minimum atomic E-state index is -1.17. The molecule has 0 radical (unpaired) electrons. The van der Waals surface area contributed by atoms with E-state index in [1.54, 1.807) is 24.3 Å². The Kier molecular flexibility index (Phi) is 16.5. The lowest BCUT2D eigenvalue weighted by Gasteiger charge is -2.26. The van der Waals surface area contributed by atoms with Gasteiger partial charge in [0.15, 0.2) is 0 Å². The van der Waals surface area contributed by atoms with Crippen molar-refractivity contribution in [3.8, 4) is 0 Å². The molecule has 7 N–H and O–H groups in total. The van der Waals surface area contributed by atoms with Gasteiger partial charge in [0.1, 0.15) is 24.2 Å². The van der Waals surface area contributed by atoms with Gasteiger partial charge in [0.05, 0.1) is 0 Å². The highest BCUT2D eigenvalue weighted by atomic mass is 32.2. The zero-order valence-corrected chi connectivity index (χ0v) is 23.8. The zero-order chi connectivity index (χ0) is 29.2. The maximum absolute atomic E-state index is 13.4. The van der Waals surface area contributed by atoms with Crippen LogP contribution < -0.4 is 27.0 Å². The van der Waals surface area contributed by atoms with Crippen molar-refractivity contribution in [1.29, 1.82) is 0 Å². The fraction of sp³-hybridized carbons (Fsp3) is 0.593. The average Bonchev–Trinajstić information content (AvgIpc) is 2.89. The monoisotopic (exact) mass is 565 g/mol. The third kappa shape index (κ3) is 13.5. The SMILES string of the molecule is CSCC[C@H](NC=O)C(=O)N[C@H](CC(C)C)C(=O)N[C@H](Cc1ccccc1)C(=O)N[C@@H](CCCCN)C(=O)O. The lowest BCUT2D eigenvalue weighted by Crippen LogP contribution is -2.58. The number of amides is 4. The molecule has 0 saturated carbocycles. The van der Waals surface area contributed by atoms with Crippen LogP contribution in [0, 0.1) is 5.92 Å². The van der Waals surface area contributed by atoms with Crippen LogP contribution >= 0.6 is 11.8 Å². The number of hydrogen-bond donors (Lipinski definition) is 6. The Balaban J connectivity index is 3.13. The topological polar surface area (TPSA) is 180 Å². The summed E-state index contributed by atoms with van der Waals surface area (Å²) in [5, 5.41) is 20.1. The Bertz CT molecular complexity index is 917. The first-order valence-corrected chi connectivity index (χ1v) is 14.6. The van der Waals surface area contributed by atoms with Gasteiger partial charge >= 0.3 is 5.97 Å². The predicted octanol–water partition coefficient (Wildman–Crippen LogP) is 0.811. The Hall–Kier alpha value is -3.12. The van der Waals surface area contributed by atoms with Crippen molar-refractivity contribution in [1.82, 2.24) is 21.3 Å². The Morgan fingerprint density at radius 1 is 0.897 bits per heavy atom. The van der Waals surface area contributed by atoms with E-state index in [9.17, 15) is 29.1 Å². The quantitative estimate of drug-likeness (QED) is 0.0992. The molecule has 11 nitrogen and oxygen atoms in total. The molecular weight excluding hydrogens is 522 g/mol. The molecular formula is C27H43N5O6S. The summed E-state index contributed by atoms with van der Waals surface area (Å²) >= 11 is 1.53. The second-order valence-electron chi connectivity index (χ2n) is 9.74. The van der Waals surface area contributed by atoms with Gasteiger partial charge in [-0.3, -0.25) is 19.2 Å². The fourth-order valence-electron chi connectivity index (χ4n) is 3.94. The zero-order valence-electron chi connectivity index (χ0n) is 23.0. The molecule has 0 aliphatic carbocycles. The van der Waals surface area contributed by atoms with E-state index in [0.717, 1.165) is 5.56 Å². The van der Waals surface area contributed by atoms with Gasteiger partial charge < -0.3 is 32.1 Å². The predicted molar refractivity (Wildman–Crippen MR) is 152 cm³/mol. The number of carboxylic acids is 1. The maximum Gasteiger partial charge on any atom is 0.326 e. The fourth-order valence-corrected chi connectivity index (χ4v) is 4.41. The van der Waals surface area contributed by atoms with Crippen LogP contribution in [0.5, 0.6) is 0 Å². The smallest absolute Gasteiger partial charge is 0.326 e. The first-order chi connectivity index (χ1) is 18.6. The summed E-state index contributed by atoms with van der Waals surface area (Å²) in [4.78, 5) is 62.4. The van der Waals surface area contributed by atoms with E-state index in [2.05, 4.69) is 21.3 Å². The van der Waals surface area contributed by atoms with Crippen LogP contribution in [0.15, 0.2) is 30.3 Å². The van der Waals surface area contributed by atoms with Gasteiger partial charge in [-0.1, -0.05) is 44.2 Å². The highest BCUT2D eigenvalue weighted by molar-refractivity contribution is 7.98. The summed E-state index contributed by atoms with van der Waals surface area (Å²) in [5.41, 5.74) is 6.27. The number of carbonyl (C=O) groups is 5. The molecule has 0 spiro atoms. The van der Waals surface area contributed by atoms with Crippen LogP contribution in [-0.4, -0.2) is 77.9 Å². The largest absolute Gasteiger partial charge is 0.480 e. The molecule has 0 aliphatic heterocycles. The van der Waals surface area contributed by atoms with Gasteiger partial charge in [-0.2, -0.15) is 11.8 Å². The van der Waals surface area contributed by atoms with Crippen molar-refractivity contribution < 1.29 is 29.1 Å². The van der Waals surface area contributed by atoms with Crippen LogP contribution in [-0.2, 0) is 30.4 Å². The first kappa shape index (κ1) is 33.9. The molecule has 0 aromatic heterocycles. The molecule has 0 fully saturated rings. The second-order valence-corrected chi connectivity index (χ2v) is 10.7. The Morgan fingerprint density at radius 3 is 2.05 bits per heavy atom. The standard InChI is InChI=1S/C27H43N5O6S/c1-18(2)15-22(31-24(34)20(29-17-33)12-14-39-3)25(35)32-23(16-19-9-5-4-6-10-19)26(36)30-21(27(37)38)11-7-8-13-28/h4-6,9-10,17-18,20-23H,7-8,11-16,28H2,1-3H3,(H,29,33)(H,30,36)(H,31,34)(H,32,35)(H,37,38)/t20-,21-,22+,23+/m0/s1. The third-order valence-corrected chi connectivity index (χ3v) is 6.66. The van der Waals surface area contributed by atoms with Crippen LogP contribution in [0.1, 0.15) is 51.5 Å². The van der Waals surface area contributed by atoms with E-state index in [1.165, 1.54) is 11.8 Å². The molecule has 0 bridgehead atoms. The van der Waals surface area contributed by atoms with Crippen LogP contribution in [0.2, 0.25) is 0 Å². The van der Waals surface area contributed by atoms with E-state index in [-0.39, 0.29) is 18.8 Å². The van der Waals surface area contributed by atoms with Crippen molar-refractivity contribution in [3.63, 3.8) is 0 Å². The van der Waals surface area contributed by atoms with E-state index >= 15 is 0 Å². The van der Waals surface area contributed by atoms with Crippen LogP contribution in [0.3, 0.4) is 0 Å². The van der Waals surface area contributed by atoms with Gasteiger partial charge in [0.25, 0.3) is 0 Å².